The van der Waals surface area contributed by atoms with Gasteiger partial charge in [-0.2, -0.15) is 0 Å². The second-order valence-electron chi connectivity index (χ2n) is 6.38. The molecule has 0 unspecified atom stereocenters. The van der Waals surface area contributed by atoms with Crippen LogP contribution in [-0.4, -0.2) is 30.1 Å². The topological polar surface area (TPSA) is 38.8 Å². The van der Waals surface area contributed by atoms with Crippen molar-refractivity contribution >= 4 is 29.1 Å². The Morgan fingerprint density at radius 1 is 1.19 bits per heavy atom. The van der Waals surface area contributed by atoms with E-state index in [1.807, 2.05) is 29.2 Å². The number of benzene rings is 2. The van der Waals surface area contributed by atoms with Crippen LogP contribution in [0.4, 0.5) is 0 Å². The monoisotopic (exact) mass is 393 g/mol. The van der Waals surface area contributed by atoms with Crippen molar-refractivity contribution in [2.75, 3.05) is 7.11 Å². The zero-order valence-corrected chi connectivity index (χ0v) is 16.3. The Balaban J connectivity index is 1.69. The lowest BCUT2D eigenvalue weighted by atomic mass is 10.2. The van der Waals surface area contributed by atoms with Crippen molar-refractivity contribution in [1.29, 1.82) is 0 Å². The third-order valence-corrected chi connectivity index (χ3v) is 4.86. The van der Waals surface area contributed by atoms with Crippen molar-refractivity contribution < 1.29 is 14.3 Å². The van der Waals surface area contributed by atoms with E-state index in [0.717, 1.165) is 24.2 Å². The van der Waals surface area contributed by atoms with E-state index in [1.54, 1.807) is 32.2 Å². The van der Waals surface area contributed by atoms with E-state index in [0.29, 0.717) is 22.3 Å². The van der Waals surface area contributed by atoms with E-state index in [2.05, 4.69) is 0 Å². The summed E-state index contributed by atoms with van der Waals surface area (Å²) in [5, 5.41) is 0.922. The highest BCUT2D eigenvalue weighted by molar-refractivity contribution is 6.35. The number of nitrogens with zero attached hydrogens (tertiary/aromatic N) is 1. The SMILES string of the molecule is COc1ccc(CN(C(=O)[C@@H](C)Oc2ccc(Cl)cc2Cl)C2CC2)cc1. The van der Waals surface area contributed by atoms with Crippen molar-refractivity contribution in [3.63, 3.8) is 0 Å². The molecule has 0 saturated heterocycles. The van der Waals surface area contributed by atoms with E-state index < -0.39 is 6.10 Å². The summed E-state index contributed by atoms with van der Waals surface area (Å²) < 4.78 is 11.0. The van der Waals surface area contributed by atoms with Gasteiger partial charge < -0.3 is 14.4 Å². The molecule has 26 heavy (non-hydrogen) atoms. The molecule has 1 aliphatic carbocycles. The number of rotatable bonds is 7. The summed E-state index contributed by atoms with van der Waals surface area (Å²) in [7, 11) is 1.63. The summed E-state index contributed by atoms with van der Waals surface area (Å²) in [6, 6.07) is 13.0. The number of carbonyl (C=O) groups is 1. The fraction of sp³-hybridized carbons (Fsp3) is 0.350. The largest absolute Gasteiger partial charge is 0.497 e. The van der Waals surface area contributed by atoms with E-state index in [4.69, 9.17) is 32.7 Å². The highest BCUT2D eigenvalue weighted by Crippen LogP contribution is 2.31. The molecule has 0 radical (unpaired) electrons. The van der Waals surface area contributed by atoms with Gasteiger partial charge in [0.15, 0.2) is 6.10 Å². The van der Waals surface area contributed by atoms with Crippen molar-refractivity contribution in [1.82, 2.24) is 4.90 Å². The molecule has 1 saturated carbocycles. The quantitative estimate of drug-likeness (QED) is 0.666. The molecule has 0 N–H and O–H groups in total. The van der Waals surface area contributed by atoms with Crippen LogP contribution < -0.4 is 9.47 Å². The molecule has 6 heteroatoms. The van der Waals surface area contributed by atoms with Crippen LogP contribution in [-0.2, 0) is 11.3 Å². The molecule has 1 aliphatic rings. The fourth-order valence-corrected chi connectivity index (χ4v) is 3.20. The Bertz CT molecular complexity index is 775. The van der Waals surface area contributed by atoms with Gasteiger partial charge >= 0.3 is 0 Å². The maximum atomic E-state index is 12.9. The molecule has 0 aliphatic heterocycles. The zero-order valence-electron chi connectivity index (χ0n) is 14.7. The molecule has 0 spiro atoms. The fourth-order valence-electron chi connectivity index (χ4n) is 2.75. The third-order valence-electron chi connectivity index (χ3n) is 4.33. The number of halogens is 2. The molecule has 1 fully saturated rings. The maximum absolute atomic E-state index is 12.9. The van der Waals surface area contributed by atoms with Crippen LogP contribution in [0.2, 0.25) is 10.0 Å². The Morgan fingerprint density at radius 2 is 1.88 bits per heavy atom. The summed E-state index contributed by atoms with van der Waals surface area (Å²) in [5.41, 5.74) is 1.06. The minimum absolute atomic E-state index is 0.0469. The Hall–Kier alpha value is -1.91. The van der Waals surface area contributed by atoms with Gasteiger partial charge in [-0.15, -0.1) is 0 Å². The standard InChI is InChI=1S/C20H21Cl2NO3/c1-13(26-19-10-5-15(21)11-18(19)22)20(24)23(16-6-7-16)12-14-3-8-17(25-2)9-4-14/h3-5,8-11,13,16H,6-7,12H2,1-2H3/t13-/m1/s1. The van der Waals surface area contributed by atoms with Gasteiger partial charge in [-0.3, -0.25) is 4.79 Å². The lowest BCUT2D eigenvalue weighted by molar-refractivity contribution is -0.139. The third kappa shape index (κ3) is 4.63. The zero-order chi connectivity index (χ0) is 18.7. The van der Waals surface area contributed by atoms with Gasteiger partial charge in [0.25, 0.3) is 5.91 Å². The van der Waals surface area contributed by atoms with Crippen LogP contribution >= 0.6 is 23.2 Å². The first-order valence-corrected chi connectivity index (χ1v) is 9.28. The molecule has 3 rings (SSSR count). The minimum atomic E-state index is -0.632. The first kappa shape index (κ1) is 18.9. The van der Waals surface area contributed by atoms with Crippen LogP contribution in [0.1, 0.15) is 25.3 Å². The van der Waals surface area contributed by atoms with Crippen LogP contribution in [0, 0.1) is 0 Å². The summed E-state index contributed by atoms with van der Waals surface area (Å²) >= 11 is 12.0. The molecule has 1 atom stereocenters. The lowest BCUT2D eigenvalue weighted by Crippen LogP contribution is -2.41. The molecule has 0 heterocycles. The van der Waals surface area contributed by atoms with Crippen molar-refractivity contribution in [2.45, 2.75) is 38.5 Å². The predicted molar refractivity (Wildman–Crippen MR) is 103 cm³/mol. The van der Waals surface area contributed by atoms with Crippen molar-refractivity contribution in [2.24, 2.45) is 0 Å². The van der Waals surface area contributed by atoms with Gasteiger partial charge in [-0.1, -0.05) is 35.3 Å². The summed E-state index contributed by atoms with van der Waals surface area (Å²) in [5.74, 6) is 1.21. The van der Waals surface area contributed by atoms with Gasteiger partial charge in [-0.25, -0.2) is 0 Å². The average molecular weight is 394 g/mol. The smallest absolute Gasteiger partial charge is 0.263 e. The second-order valence-corrected chi connectivity index (χ2v) is 7.22. The highest BCUT2D eigenvalue weighted by atomic mass is 35.5. The van der Waals surface area contributed by atoms with E-state index >= 15 is 0 Å². The summed E-state index contributed by atoms with van der Waals surface area (Å²) in [6.45, 7) is 2.30. The average Bonchev–Trinajstić information content (AvgIpc) is 3.47. The highest BCUT2D eigenvalue weighted by Gasteiger charge is 2.35. The van der Waals surface area contributed by atoms with E-state index in [1.165, 1.54) is 0 Å². The van der Waals surface area contributed by atoms with Gasteiger partial charge in [0.2, 0.25) is 0 Å². The van der Waals surface area contributed by atoms with E-state index in [-0.39, 0.29) is 11.9 Å². The van der Waals surface area contributed by atoms with Gasteiger partial charge in [-0.05, 0) is 55.7 Å². The van der Waals surface area contributed by atoms with E-state index in [9.17, 15) is 4.79 Å². The van der Waals surface area contributed by atoms with Crippen LogP contribution in [0.15, 0.2) is 42.5 Å². The number of carbonyl (C=O) groups excluding carboxylic acids is 1. The van der Waals surface area contributed by atoms with Gasteiger partial charge in [0, 0.05) is 17.6 Å². The van der Waals surface area contributed by atoms with Crippen molar-refractivity contribution in [3.8, 4) is 11.5 Å². The second kappa shape index (κ2) is 8.19. The Kier molecular flexibility index (Phi) is 5.94. The van der Waals surface area contributed by atoms with Crippen molar-refractivity contribution in [3.05, 3.63) is 58.1 Å². The lowest BCUT2D eigenvalue weighted by Gasteiger charge is -2.26. The number of hydrogen-bond donors (Lipinski definition) is 0. The van der Waals surface area contributed by atoms with Crippen LogP contribution in [0.5, 0.6) is 11.5 Å². The predicted octanol–water partition coefficient (Wildman–Crippen LogP) is 4.96. The molecule has 0 bridgehead atoms. The molecule has 1 amide bonds. The molecule has 4 nitrogen and oxygen atoms in total. The number of ether oxygens (including phenoxy) is 2. The number of methoxy groups -OCH3 is 1. The normalized spacial score (nSPS) is 14.6. The maximum Gasteiger partial charge on any atom is 0.263 e. The van der Waals surface area contributed by atoms with Gasteiger partial charge in [0.05, 0.1) is 12.1 Å². The molecule has 138 valence electrons. The first-order chi connectivity index (χ1) is 12.5. The summed E-state index contributed by atoms with van der Waals surface area (Å²) in [6.07, 6.45) is 1.42. The first-order valence-electron chi connectivity index (χ1n) is 8.53. The number of hydrogen-bond acceptors (Lipinski definition) is 3. The van der Waals surface area contributed by atoms with Crippen LogP contribution in [0.3, 0.4) is 0 Å². The minimum Gasteiger partial charge on any atom is -0.497 e. The molecule has 2 aromatic carbocycles. The molecular weight excluding hydrogens is 373 g/mol. The van der Waals surface area contributed by atoms with Gasteiger partial charge in [0.1, 0.15) is 11.5 Å². The Labute approximate surface area is 163 Å². The number of amides is 1. The summed E-state index contributed by atoms with van der Waals surface area (Å²) in [4.78, 5) is 14.8. The molecule has 2 aromatic rings. The molecular formula is C20H21Cl2NO3. The van der Waals surface area contributed by atoms with Crippen LogP contribution in [0.25, 0.3) is 0 Å². The molecule has 0 aromatic heterocycles. The Morgan fingerprint density at radius 3 is 2.46 bits per heavy atom.